The fraction of sp³-hybridized carbons (Fsp3) is 0.818. The highest BCUT2D eigenvalue weighted by atomic mass is 16.4. The minimum absolute atomic E-state index is 0.0676. The van der Waals surface area contributed by atoms with Crippen LogP contribution in [0.2, 0.25) is 0 Å². The van der Waals surface area contributed by atoms with Gasteiger partial charge in [-0.05, 0) is 85.5 Å². The number of aliphatic carboxylic acids is 1. The zero-order valence-electron chi connectivity index (χ0n) is 16.0. The molecule has 0 amide bonds. The molecule has 4 aliphatic carbocycles. The van der Waals surface area contributed by atoms with Crippen molar-refractivity contribution in [2.75, 3.05) is 0 Å². The number of hydrogen-bond acceptors (Lipinski definition) is 3. The van der Waals surface area contributed by atoms with Gasteiger partial charge in [0.25, 0.3) is 0 Å². The fourth-order valence-corrected chi connectivity index (χ4v) is 7.55. The first-order valence-corrected chi connectivity index (χ1v) is 10.4. The average molecular weight is 360 g/mol. The number of aliphatic hydroxyl groups excluding tert-OH is 1. The number of ketones is 1. The molecule has 4 nitrogen and oxygen atoms in total. The topological polar surface area (TPSA) is 74.6 Å². The van der Waals surface area contributed by atoms with Crippen molar-refractivity contribution >= 4 is 11.8 Å². The van der Waals surface area contributed by atoms with Gasteiger partial charge in [0.1, 0.15) is 0 Å². The van der Waals surface area contributed by atoms with Gasteiger partial charge in [-0.3, -0.25) is 9.59 Å². The maximum Gasteiger partial charge on any atom is 0.305 e. The van der Waals surface area contributed by atoms with Gasteiger partial charge in [0.05, 0.1) is 12.5 Å². The van der Waals surface area contributed by atoms with E-state index in [9.17, 15) is 14.7 Å². The highest BCUT2D eigenvalue weighted by molar-refractivity contribution is 5.91. The minimum Gasteiger partial charge on any atom is -0.481 e. The second-order valence-electron chi connectivity index (χ2n) is 9.86. The molecule has 2 N–H and O–H groups in total. The molecule has 144 valence electrons. The summed E-state index contributed by atoms with van der Waals surface area (Å²) >= 11 is 0. The van der Waals surface area contributed by atoms with E-state index in [1.165, 1.54) is 5.57 Å². The van der Waals surface area contributed by atoms with Gasteiger partial charge in [-0.1, -0.05) is 19.4 Å². The van der Waals surface area contributed by atoms with Crippen molar-refractivity contribution in [3.63, 3.8) is 0 Å². The Labute approximate surface area is 156 Å². The highest BCUT2D eigenvalue weighted by Gasteiger charge is 2.59. The number of carbonyl (C=O) groups excluding carboxylic acids is 1. The normalized spacial score (nSPS) is 46.0. The molecule has 3 fully saturated rings. The molecule has 0 radical (unpaired) electrons. The van der Waals surface area contributed by atoms with Crippen LogP contribution < -0.4 is 0 Å². The van der Waals surface area contributed by atoms with Gasteiger partial charge >= 0.3 is 5.97 Å². The van der Waals surface area contributed by atoms with Crippen molar-refractivity contribution in [1.29, 1.82) is 0 Å². The van der Waals surface area contributed by atoms with Crippen molar-refractivity contribution < 1.29 is 19.8 Å². The van der Waals surface area contributed by atoms with Crippen LogP contribution in [-0.2, 0) is 9.59 Å². The van der Waals surface area contributed by atoms with Gasteiger partial charge < -0.3 is 10.2 Å². The van der Waals surface area contributed by atoms with E-state index in [0.29, 0.717) is 30.0 Å². The molecule has 0 heterocycles. The molecule has 0 saturated heterocycles. The molecule has 0 bridgehead atoms. The van der Waals surface area contributed by atoms with E-state index < -0.39 is 12.1 Å². The molecule has 0 spiro atoms. The number of hydrogen-bond donors (Lipinski definition) is 2. The Morgan fingerprint density at radius 2 is 1.92 bits per heavy atom. The third kappa shape index (κ3) is 2.59. The Bertz CT molecular complexity index is 653. The lowest BCUT2D eigenvalue weighted by molar-refractivity contribution is -0.141. The number of carboxylic acid groups (broad SMARTS) is 1. The summed E-state index contributed by atoms with van der Waals surface area (Å²) in [4.78, 5) is 23.0. The monoisotopic (exact) mass is 360 g/mol. The smallest absolute Gasteiger partial charge is 0.305 e. The standard InChI is InChI=1S/C22H32O4/c1-21-9-7-14(23)11-13(21)3-4-15-16-5-6-18(19(24)12-20(25)26)22(16,2)10-8-17(15)21/h11,15-19,24H,3-10,12H2,1-2H3,(H,25,26). The van der Waals surface area contributed by atoms with Gasteiger partial charge in [0.2, 0.25) is 0 Å². The van der Waals surface area contributed by atoms with E-state index in [1.54, 1.807) is 0 Å². The molecule has 26 heavy (non-hydrogen) atoms. The first-order valence-electron chi connectivity index (χ1n) is 10.4. The van der Waals surface area contributed by atoms with Gasteiger partial charge in [-0.15, -0.1) is 0 Å². The van der Waals surface area contributed by atoms with Crippen LogP contribution in [0.1, 0.15) is 71.6 Å². The number of carbonyl (C=O) groups is 2. The second-order valence-corrected chi connectivity index (χ2v) is 9.86. The van der Waals surface area contributed by atoms with E-state index >= 15 is 0 Å². The zero-order chi connectivity index (χ0) is 18.7. The Balaban J connectivity index is 1.59. The van der Waals surface area contributed by atoms with Crippen molar-refractivity contribution in [1.82, 2.24) is 0 Å². The zero-order valence-corrected chi connectivity index (χ0v) is 16.0. The molecule has 3 saturated carbocycles. The van der Waals surface area contributed by atoms with Crippen LogP contribution in [0.5, 0.6) is 0 Å². The van der Waals surface area contributed by atoms with E-state index in [-0.39, 0.29) is 23.2 Å². The molecule has 0 aromatic heterocycles. The molecular weight excluding hydrogens is 328 g/mol. The van der Waals surface area contributed by atoms with Crippen LogP contribution in [0, 0.1) is 34.5 Å². The number of allylic oxidation sites excluding steroid dienone is 1. The quantitative estimate of drug-likeness (QED) is 0.798. The molecular formula is C22H32O4. The predicted molar refractivity (Wildman–Crippen MR) is 98.5 cm³/mol. The Kier molecular flexibility index (Phi) is 4.33. The summed E-state index contributed by atoms with van der Waals surface area (Å²) in [7, 11) is 0. The highest BCUT2D eigenvalue weighted by Crippen LogP contribution is 2.67. The lowest BCUT2D eigenvalue weighted by atomic mass is 9.46. The molecule has 4 aliphatic rings. The lowest BCUT2D eigenvalue weighted by Gasteiger charge is -2.58. The summed E-state index contributed by atoms with van der Waals surface area (Å²) in [5.41, 5.74) is 1.63. The van der Waals surface area contributed by atoms with Crippen LogP contribution >= 0.6 is 0 Å². The van der Waals surface area contributed by atoms with E-state index in [1.807, 2.05) is 6.08 Å². The molecule has 0 aliphatic heterocycles. The summed E-state index contributed by atoms with van der Waals surface area (Å²) in [5.74, 6) is 1.41. The summed E-state index contributed by atoms with van der Waals surface area (Å²) in [6.45, 7) is 4.70. The maximum absolute atomic E-state index is 11.9. The largest absolute Gasteiger partial charge is 0.481 e. The van der Waals surface area contributed by atoms with Crippen LogP contribution in [0.3, 0.4) is 0 Å². The number of fused-ring (bicyclic) bond motifs is 5. The molecule has 7 atom stereocenters. The van der Waals surface area contributed by atoms with Crippen LogP contribution in [0.25, 0.3) is 0 Å². The SMILES string of the molecule is CC12CCC(=O)C=C1CCC1C2CCC2(C)C(C(O)CC(=O)O)CCC12. The van der Waals surface area contributed by atoms with E-state index in [4.69, 9.17) is 5.11 Å². The van der Waals surface area contributed by atoms with Crippen LogP contribution in [-0.4, -0.2) is 28.1 Å². The van der Waals surface area contributed by atoms with Gasteiger partial charge in [0, 0.05) is 6.42 Å². The number of aliphatic hydroxyl groups is 1. The van der Waals surface area contributed by atoms with Gasteiger partial charge in [-0.25, -0.2) is 0 Å². The van der Waals surface area contributed by atoms with Crippen molar-refractivity contribution in [3.8, 4) is 0 Å². The molecule has 4 rings (SSSR count). The number of rotatable bonds is 3. The molecule has 0 aromatic rings. The van der Waals surface area contributed by atoms with Crippen molar-refractivity contribution in [3.05, 3.63) is 11.6 Å². The maximum atomic E-state index is 11.9. The van der Waals surface area contributed by atoms with E-state index in [2.05, 4.69) is 13.8 Å². The van der Waals surface area contributed by atoms with Crippen LogP contribution in [0.4, 0.5) is 0 Å². The van der Waals surface area contributed by atoms with E-state index in [0.717, 1.165) is 44.9 Å². The summed E-state index contributed by atoms with van der Waals surface area (Å²) in [5, 5.41) is 19.7. The Hall–Kier alpha value is -1.16. The summed E-state index contributed by atoms with van der Waals surface area (Å²) < 4.78 is 0. The van der Waals surface area contributed by atoms with Crippen molar-refractivity contribution in [2.24, 2.45) is 34.5 Å². The molecule has 4 heteroatoms. The van der Waals surface area contributed by atoms with Crippen molar-refractivity contribution in [2.45, 2.75) is 77.7 Å². The fourth-order valence-electron chi connectivity index (χ4n) is 7.55. The predicted octanol–water partition coefficient (Wildman–Crippen LogP) is 3.97. The van der Waals surface area contributed by atoms with Gasteiger partial charge in [0.15, 0.2) is 5.78 Å². The molecule has 7 unspecified atom stereocenters. The third-order valence-corrected chi connectivity index (χ3v) is 8.88. The summed E-state index contributed by atoms with van der Waals surface area (Å²) in [6.07, 6.45) is 9.27. The third-order valence-electron chi connectivity index (χ3n) is 8.88. The minimum atomic E-state index is -0.898. The average Bonchev–Trinajstić information content (AvgIpc) is 2.92. The first-order chi connectivity index (χ1) is 12.3. The van der Waals surface area contributed by atoms with Crippen LogP contribution in [0.15, 0.2) is 11.6 Å². The Morgan fingerprint density at radius 3 is 2.65 bits per heavy atom. The number of carboxylic acids is 1. The summed E-state index contributed by atoms with van der Waals surface area (Å²) in [6, 6.07) is 0. The second kappa shape index (κ2) is 6.19. The molecule has 0 aromatic carbocycles. The first kappa shape index (κ1) is 18.2. The Morgan fingerprint density at radius 1 is 1.15 bits per heavy atom. The van der Waals surface area contributed by atoms with Gasteiger partial charge in [-0.2, -0.15) is 0 Å². The lowest BCUT2D eigenvalue weighted by Crippen LogP contribution is -2.51.